The van der Waals surface area contributed by atoms with Gasteiger partial charge in [0, 0.05) is 17.1 Å². The first-order valence-electron chi connectivity index (χ1n) is 6.23. The summed E-state index contributed by atoms with van der Waals surface area (Å²) in [5.41, 5.74) is 6.21. The largest absolute Gasteiger partial charge is 0.330 e. The van der Waals surface area contributed by atoms with Crippen molar-refractivity contribution in [3.63, 3.8) is 0 Å². The van der Waals surface area contributed by atoms with Gasteiger partial charge in [-0.3, -0.25) is 4.79 Å². The van der Waals surface area contributed by atoms with E-state index < -0.39 is 0 Å². The molecule has 106 valence electrons. The molecular weight excluding hydrogens is 330 g/mol. The van der Waals surface area contributed by atoms with E-state index in [4.69, 9.17) is 17.3 Å². The minimum Gasteiger partial charge on any atom is -0.330 e. The number of hydrogen-bond acceptors (Lipinski definition) is 3. The molecular formula is C13H19BrClN3O. The molecule has 0 aliphatic carbocycles. The number of hydrogen-bond donors (Lipinski definition) is 2. The molecule has 1 aromatic heterocycles. The summed E-state index contributed by atoms with van der Waals surface area (Å²) in [7, 11) is 0. The molecule has 0 radical (unpaired) electrons. The lowest BCUT2D eigenvalue weighted by molar-refractivity contribution is -0.117. The maximum atomic E-state index is 12.0. The molecule has 0 unspecified atom stereocenters. The lowest BCUT2D eigenvalue weighted by Crippen LogP contribution is -2.23. The van der Waals surface area contributed by atoms with Crippen LogP contribution in [0.25, 0.3) is 0 Å². The lowest BCUT2D eigenvalue weighted by Gasteiger charge is -2.16. The Kier molecular flexibility index (Phi) is 6.75. The molecule has 19 heavy (non-hydrogen) atoms. The molecule has 0 fully saturated rings. The van der Waals surface area contributed by atoms with Gasteiger partial charge in [-0.2, -0.15) is 0 Å². The predicted molar refractivity (Wildman–Crippen MR) is 82.2 cm³/mol. The number of halogens is 2. The number of carbonyl (C=O) groups excluding carboxylic acids is 1. The average molecular weight is 349 g/mol. The third-order valence-corrected chi connectivity index (χ3v) is 3.43. The third kappa shape index (κ3) is 5.89. The summed E-state index contributed by atoms with van der Waals surface area (Å²) < 4.78 is 0.768. The SMILES string of the molecule is CC(C)C[C@H](CN)CC(=O)Nc1cc(Br)cnc1Cl. The molecule has 1 heterocycles. The number of nitrogens with one attached hydrogen (secondary N) is 1. The average Bonchev–Trinajstić information content (AvgIpc) is 2.32. The number of aromatic nitrogens is 1. The van der Waals surface area contributed by atoms with Gasteiger partial charge in [-0.15, -0.1) is 0 Å². The van der Waals surface area contributed by atoms with E-state index in [0.29, 0.717) is 24.6 Å². The Morgan fingerprint density at radius 1 is 1.58 bits per heavy atom. The number of anilines is 1. The number of amides is 1. The molecule has 3 N–H and O–H groups in total. The summed E-state index contributed by atoms with van der Waals surface area (Å²) in [5, 5.41) is 3.05. The summed E-state index contributed by atoms with van der Waals surface area (Å²) in [6.45, 7) is 4.75. The van der Waals surface area contributed by atoms with Gasteiger partial charge in [-0.1, -0.05) is 25.4 Å². The van der Waals surface area contributed by atoms with E-state index in [1.165, 1.54) is 0 Å². The zero-order valence-corrected chi connectivity index (χ0v) is 13.5. The molecule has 0 saturated heterocycles. The van der Waals surface area contributed by atoms with Crippen molar-refractivity contribution >= 4 is 39.1 Å². The normalized spacial score (nSPS) is 12.5. The number of rotatable bonds is 6. The standard InChI is InChI=1S/C13H19BrClN3O/c1-8(2)3-9(6-16)4-12(19)18-11-5-10(14)7-17-13(11)15/h5,7-9H,3-4,6,16H2,1-2H3,(H,18,19)/t9-/m0/s1. The zero-order chi connectivity index (χ0) is 14.4. The van der Waals surface area contributed by atoms with Crippen molar-refractivity contribution in [1.29, 1.82) is 0 Å². The number of pyridine rings is 1. The number of carbonyl (C=O) groups is 1. The van der Waals surface area contributed by atoms with Crippen LogP contribution in [-0.4, -0.2) is 17.4 Å². The van der Waals surface area contributed by atoms with Crippen LogP contribution < -0.4 is 11.1 Å². The van der Waals surface area contributed by atoms with Gasteiger partial charge in [0.05, 0.1) is 5.69 Å². The topological polar surface area (TPSA) is 68.0 Å². The minimum atomic E-state index is -0.0853. The second-order valence-electron chi connectivity index (χ2n) is 4.98. The van der Waals surface area contributed by atoms with Gasteiger partial charge in [0.2, 0.25) is 5.91 Å². The van der Waals surface area contributed by atoms with Gasteiger partial charge in [0.1, 0.15) is 0 Å². The second kappa shape index (κ2) is 7.82. The van der Waals surface area contributed by atoms with E-state index in [9.17, 15) is 4.79 Å². The zero-order valence-electron chi connectivity index (χ0n) is 11.1. The van der Waals surface area contributed by atoms with E-state index in [1.54, 1.807) is 12.3 Å². The fourth-order valence-corrected chi connectivity index (χ4v) is 2.39. The maximum Gasteiger partial charge on any atom is 0.224 e. The first-order valence-corrected chi connectivity index (χ1v) is 7.40. The van der Waals surface area contributed by atoms with Crippen molar-refractivity contribution in [3.05, 3.63) is 21.9 Å². The van der Waals surface area contributed by atoms with E-state index >= 15 is 0 Å². The van der Waals surface area contributed by atoms with Crippen molar-refractivity contribution in [1.82, 2.24) is 4.98 Å². The van der Waals surface area contributed by atoms with Crippen LogP contribution in [0.1, 0.15) is 26.7 Å². The van der Waals surface area contributed by atoms with E-state index in [2.05, 4.69) is 40.1 Å². The van der Waals surface area contributed by atoms with Crippen molar-refractivity contribution in [2.45, 2.75) is 26.7 Å². The van der Waals surface area contributed by atoms with Gasteiger partial charge >= 0.3 is 0 Å². The molecule has 1 rings (SSSR count). The summed E-state index contributed by atoms with van der Waals surface area (Å²) in [6, 6.07) is 1.73. The fraction of sp³-hybridized carbons (Fsp3) is 0.538. The van der Waals surface area contributed by atoms with Crippen LogP contribution >= 0.6 is 27.5 Å². The van der Waals surface area contributed by atoms with Crippen LogP contribution in [0.3, 0.4) is 0 Å². The molecule has 0 bridgehead atoms. The van der Waals surface area contributed by atoms with Gasteiger partial charge in [-0.05, 0) is 46.8 Å². The van der Waals surface area contributed by atoms with E-state index in [1.807, 2.05) is 0 Å². The molecule has 0 aliphatic heterocycles. The van der Waals surface area contributed by atoms with Crippen LogP contribution in [-0.2, 0) is 4.79 Å². The molecule has 0 aromatic carbocycles. The van der Waals surface area contributed by atoms with Crippen LogP contribution in [0.15, 0.2) is 16.7 Å². The van der Waals surface area contributed by atoms with Crippen LogP contribution in [0, 0.1) is 11.8 Å². The third-order valence-electron chi connectivity index (χ3n) is 2.69. The molecule has 0 saturated carbocycles. The number of nitrogens with two attached hydrogens (primary N) is 1. The summed E-state index contributed by atoms with van der Waals surface area (Å²) in [4.78, 5) is 15.9. The molecule has 4 nitrogen and oxygen atoms in total. The fourth-order valence-electron chi connectivity index (χ4n) is 1.90. The van der Waals surface area contributed by atoms with Crippen molar-refractivity contribution in [2.24, 2.45) is 17.6 Å². The van der Waals surface area contributed by atoms with Gasteiger partial charge in [-0.25, -0.2) is 4.98 Å². The highest BCUT2D eigenvalue weighted by Gasteiger charge is 2.15. The van der Waals surface area contributed by atoms with Gasteiger partial charge in [0.25, 0.3) is 0 Å². The van der Waals surface area contributed by atoms with Crippen molar-refractivity contribution < 1.29 is 4.79 Å². The second-order valence-corrected chi connectivity index (χ2v) is 6.25. The van der Waals surface area contributed by atoms with Crippen LogP contribution in [0.4, 0.5) is 5.69 Å². The first-order chi connectivity index (χ1) is 8.92. The molecule has 0 spiro atoms. The highest BCUT2D eigenvalue weighted by molar-refractivity contribution is 9.10. The summed E-state index contributed by atoms with van der Waals surface area (Å²) in [5.74, 6) is 0.634. The Bertz CT molecular complexity index is 440. The molecule has 6 heteroatoms. The number of nitrogens with zero attached hydrogens (tertiary/aromatic N) is 1. The summed E-state index contributed by atoms with van der Waals surface area (Å²) >= 11 is 9.21. The van der Waals surface area contributed by atoms with E-state index in [-0.39, 0.29) is 17.0 Å². The van der Waals surface area contributed by atoms with Gasteiger partial charge in [0.15, 0.2) is 5.15 Å². The summed E-state index contributed by atoms with van der Waals surface area (Å²) in [6.07, 6.45) is 2.92. The minimum absolute atomic E-state index is 0.0853. The molecule has 1 aromatic rings. The van der Waals surface area contributed by atoms with Gasteiger partial charge < -0.3 is 11.1 Å². The Balaban J connectivity index is 2.61. The first kappa shape index (κ1) is 16.4. The quantitative estimate of drug-likeness (QED) is 0.774. The smallest absolute Gasteiger partial charge is 0.224 e. The molecule has 1 amide bonds. The van der Waals surface area contributed by atoms with Crippen molar-refractivity contribution in [2.75, 3.05) is 11.9 Å². The van der Waals surface area contributed by atoms with E-state index in [0.717, 1.165) is 10.9 Å². The Hall–Kier alpha value is -0.650. The molecule has 1 atom stereocenters. The Morgan fingerprint density at radius 2 is 2.26 bits per heavy atom. The Morgan fingerprint density at radius 3 is 2.84 bits per heavy atom. The highest BCUT2D eigenvalue weighted by Crippen LogP contribution is 2.24. The Labute approximate surface area is 127 Å². The monoisotopic (exact) mass is 347 g/mol. The highest BCUT2D eigenvalue weighted by atomic mass is 79.9. The van der Waals surface area contributed by atoms with Crippen LogP contribution in [0.2, 0.25) is 5.15 Å². The van der Waals surface area contributed by atoms with Crippen molar-refractivity contribution in [3.8, 4) is 0 Å². The lowest BCUT2D eigenvalue weighted by atomic mass is 9.94. The molecule has 0 aliphatic rings. The predicted octanol–water partition coefficient (Wildman–Crippen LogP) is 3.45. The maximum absolute atomic E-state index is 12.0. The van der Waals surface area contributed by atoms with Crippen LogP contribution in [0.5, 0.6) is 0 Å².